The Labute approximate surface area is 282 Å². The number of rotatable bonds is 12. The summed E-state index contributed by atoms with van der Waals surface area (Å²) in [5.74, 6) is -1.14. The normalized spacial score (nSPS) is 14.0. The Balaban J connectivity index is 1.81. The van der Waals surface area contributed by atoms with Gasteiger partial charge in [-0.25, -0.2) is 8.42 Å². The lowest BCUT2D eigenvalue weighted by atomic mass is 10.1. The lowest BCUT2D eigenvalue weighted by Gasteiger charge is -2.33. The van der Waals surface area contributed by atoms with Crippen molar-refractivity contribution in [3.05, 3.63) is 90.9 Å². The van der Waals surface area contributed by atoms with Crippen molar-refractivity contribution < 1.29 is 27.7 Å². The number of hydrogen-bond acceptors (Lipinski definition) is 7. The van der Waals surface area contributed by atoms with Crippen molar-refractivity contribution in [3.8, 4) is 5.75 Å². The molecule has 3 aromatic carbocycles. The van der Waals surface area contributed by atoms with Gasteiger partial charge in [-0.15, -0.1) is 0 Å². The zero-order valence-corrected chi connectivity index (χ0v) is 28.4. The molecule has 1 aliphatic rings. The summed E-state index contributed by atoms with van der Waals surface area (Å²) >= 11 is 19.2. The van der Waals surface area contributed by atoms with Crippen molar-refractivity contribution in [1.29, 1.82) is 0 Å². The zero-order chi connectivity index (χ0) is 33.8. The minimum Gasteiger partial charge on any atom is -0.495 e. The van der Waals surface area contributed by atoms with E-state index in [1.165, 1.54) is 56.2 Å². The molecule has 246 valence electrons. The van der Waals surface area contributed by atoms with E-state index in [4.69, 9.17) is 39.5 Å². The average Bonchev–Trinajstić information content (AvgIpc) is 3.52. The second-order valence-corrected chi connectivity index (χ2v) is 14.0. The number of ether oxygens (including phenoxy) is 1. The number of benzene rings is 3. The van der Waals surface area contributed by atoms with Crippen LogP contribution in [0.5, 0.6) is 5.75 Å². The first-order valence-electron chi connectivity index (χ1n) is 14.4. The Morgan fingerprint density at radius 2 is 1.72 bits per heavy atom. The van der Waals surface area contributed by atoms with Crippen LogP contribution in [0.1, 0.15) is 43.7 Å². The van der Waals surface area contributed by atoms with Crippen LogP contribution < -0.4 is 14.4 Å². The summed E-state index contributed by atoms with van der Waals surface area (Å²) in [6.07, 6.45) is 3.57. The number of hydrogen-bond donors (Lipinski definition) is 1. The van der Waals surface area contributed by atoms with E-state index in [1.807, 2.05) is 0 Å². The molecule has 46 heavy (non-hydrogen) atoms. The van der Waals surface area contributed by atoms with Crippen LogP contribution in [0.3, 0.4) is 0 Å². The fourth-order valence-electron chi connectivity index (χ4n) is 5.27. The first-order chi connectivity index (χ1) is 21.7. The summed E-state index contributed by atoms with van der Waals surface area (Å²) in [6.45, 7) is 1.97. The number of aryl methyl sites for hydroxylation is 1. The van der Waals surface area contributed by atoms with Gasteiger partial charge >= 0.3 is 0 Å². The van der Waals surface area contributed by atoms with Gasteiger partial charge in [-0.1, -0.05) is 59.8 Å². The monoisotopic (exact) mass is 710 g/mol. The van der Waals surface area contributed by atoms with Crippen molar-refractivity contribution in [3.63, 3.8) is 0 Å². The molecule has 3 aromatic rings. The molecule has 11 nitrogen and oxygen atoms in total. The Morgan fingerprint density at radius 1 is 1.07 bits per heavy atom. The Kier molecular flexibility index (Phi) is 11.4. The van der Waals surface area contributed by atoms with Gasteiger partial charge in [-0.2, -0.15) is 0 Å². The smallest absolute Gasteiger partial charge is 0.273 e. The number of carbonyl (C=O) groups excluding carboxylic acids is 2. The van der Waals surface area contributed by atoms with E-state index in [9.17, 15) is 28.1 Å². The lowest BCUT2D eigenvalue weighted by Crippen LogP contribution is -2.52. The van der Waals surface area contributed by atoms with Crippen LogP contribution in [0.25, 0.3) is 0 Å². The van der Waals surface area contributed by atoms with Crippen molar-refractivity contribution in [1.82, 2.24) is 10.2 Å². The van der Waals surface area contributed by atoms with Crippen molar-refractivity contribution in [2.45, 2.75) is 63.1 Å². The molecule has 0 spiro atoms. The molecule has 0 aromatic heterocycles. The standard InChI is InChI=1S/C31H33Cl3N4O7S/c1-19-11-13-23(16-27(19)38(41)42)46(43,44)37(28-15-21(32)12-14-29(28)45-3)18-30(39)36(17-24-25(33)9-6-10-26(24)34)20(2)31(40)35-22-7-4-5-8-22/h6,9-16,20,22H,4-5,7-8,17-18H2,1-3H3,(H,35,40). The van der Waals surface area contributed by atoms with Crippen LogP contribution in [0, 0.1) is 17.0 Å². The quantitative estimate of drug-likeness (QED) is 0.166. The van der Waals surface area contributed by atoms with Gasteiger partial charge in [0.2, 0.25) is 11.8 Å². The number of sulfonamides is 1. The number of nitrogens with zero attached hydrogens (tertiary/aromatic N) is 3. The number of anilines is 1. The molecule has 0 radical (unpaired) electrons. The SMILES string of the molecule is COc1ccc(Cl)cc1N(CC(=O)N(Cc1c(Cl)cccc1Cl)C(C)C(=O)NC1CCCC1)S(=O)(=O)c1ccc(C)c([N+](=O)[O-])c1. The summed E-state index contributed by atoms with van der Waals surface area (Å²) in [6, 6.07) is 11.4. The molecule has 1 saturated carbocycles. The van der Waals surface area contributed by atoms with E-state index in [1.54, 1.807) is 18.2 Å². The van der Waals surface area contributed by atoms with Gasteiger partial charge in [0, 0.05) is 44.8 Å². The molecule has 1 N–H and O–H groups in total. The van der Waals surface area contributed by atoms with Gasteiger partial charge in [0.25, 0.3) is 15.7 Å². The highest BCUT2D eigenvalue weighted by molar-refractivity contribution is 7.92. The third-order valence-electron chi connectivity index (χ3n) is 7.91. The molecular weight excluding hydrogens is 679 g/mol. The number of carbonyl (C=O) groups is 2. The van der Waals surface area contributed by atoms with Gasteiger partial charge in [0.15, 0.2) is 0 Å². The molecular formula is C31H33Cl3N4O7S. The van der Waals surface area contributed by atoms with Crippen molar-refractivity contribution in [2.24, 2.45) is 0 Å². The Hall–Kier alpha value is -3.58. The maximum atomic E-state index is 14.3. The minimum absolute atomic E-state index is 0.0410. The molecule has 0 aliphatic heterocycles. The number of nitro groups is 1. The largest absolute Gasteiger partial charge is 0.495 e. The topological polar surface area (TPSA) is 139 Å². The highest BCUT2D eigenvalue weighted by atomic mass is 35.5. The number of halogens is 3. The first kappa shape index (κ1) is 35.3. The Morgan fingerprint density at radius 3 is 2.33 bits per heavy atom. The van der Waals surface area contributed by atoms with Gasteiger partial charge in [-0.05, 0) is 63.1 Å². The van der Waals surface area contributed by atoms with Crippen LogP contribution in [0.15, 0.2) is 59.5 Å². The number of nitro benzene ring substituents is 1. The van der Waals surface area contributed by atoms with E-state index in [2.05, 4.69) is 5.32 Å². The summed E-state index contributed by atoms with van der Waals surface area (Å²) in [4.78, 5) is 39.5. The lowest BCUT2D eigenvalue weighted by molar-refractivity contribution is -0.385. The molecule has 1 fully saturated rings. The van der Waals surface area contributed by atoms with E-state index >= 15 is 0 Å². The minimum atomic E-state index is -4.67. The van der Waals surface area contributed by atoms with Crippen LogP contribution in [0.2, 0.25) is 15.1 Å². The third-order valence-corrected chi connectivity index (χ3v) is 10.6. The fraction of sp³-hybridized carbons (Fsp3) is 0.355. The second kappa shape index (κ2) is 14.9. The number of methoxy groups -OCH3 is 1. The van der Waals surface area contributed by atoms with Gasteiger partial charge < -0.3 is 15.0 Å². The zero-order valence-electron chi connectivity index (χ0n) is 25.3. The maximum absolute atomic E-state index is 14.3. The molecule has 1 atom stereocenters. The van der Waals surface area contributed by atoms with Crippen molar-refractivity contribution >= 4 is 68.0 Å². The van der Waals surface area contributed by atoms with Gasteiger partial charge in [0.05, 0.1) is 22.6 Å². The van der Waals surface area contributed by atoms with Crippen LogP contribution in [0.4, 0.5) is 11.4 Å². The molecule has 15 heteroatoms. The predicted molar refractivity (Wildman–Crippen MR) is 177 cm³/mol. The molecule has 1 aliphatic carbocycles. The summed E-state index contributed by atoms with van der Waals surface area (Å²) in [7, 11) is -3.35. The summed E-state index contributed by atoms with van der Waals surface area (Å²) in [5, 5.41) is 15.3. The summed E-state index contributed by atoms with van der Waals surface area (Å²) < 4.78 is 34.7. The van der Waals surface area contributed by atoms with Gasteiger partial charge in [0.1, 0.15) is 18.3 Å². The molecule has 0 bridgehead atoms. The molecule has 0 saturated heterocycles. The number of nitrogens with one attached hydrogen (secondary N) is 1. The maximum Gasteiger partial charge on any atom is 0.273 e. The molecule has 0 heterocycles. The van der Waals surface area contributed by atoms with Crippen LogP contribution >= 0.6 is 34.8 Å². The van der Waals surface area contributed by atoms with Crippen LogP contribution in [-0.2, 0) is 26.2 Å². The molecule has 2 amide bonds. The van der Waals surface area contributed by atoms with E-state index in [0.29, 0.717) is 5.56 Å². The first-order valence-corrected chi connectivity index (χ1v) is 17.0. The van der Waals surface area contributed by atoms with Gasteiger partial charge in [-0.3, -0.25) is 24.0 Å². The van der Waals surface area contributed by atoms with Crippen LogP contribution in [-0.4, -0.2) is 55.8 Å². The predicted octanol–water partition coefficient (Wildman–Crippen LogP) is 6.54. The molecule has 1 unspecified atom stereocenters. The average molecular weight is 712 g/mol. The number of amides is 2. The third kappa shape index (κ3) is 7.86. The summed E-state index contributed by atoms with van der Waals surface area (Å²) in [5.41, 5.74) is 0.100. The highest BCUT2D eigenvalue weighted by Gasteiger charge is 2.36. The highest BCUT2D eigenvalue weighted by Crippen LogP contribution is 2.36. The van der Waals surface area contributed by atoms with Crippen molar-refractivity contribution in [2.75, 3.05) is 18.0 Å². The van der Waals surface area contributed by atoms with E-state index < -0.39 is 49.9 Å². The van der Waals surface area contributed by atoms with E-state index in [0.717, 1.165) is 36.1 Å². The fourth-order valence-corrected chi connectivity index (χ4v) is 7.39. The second-order valence-electron chi connectivity index (χ2n) is 10.9. The molecule has 4 rings (SSSR count). The Bertz CT molecular complexity index is 1730. The van der Waals surface area contributed by atoms with E-state index in [-0.39, 0.29) is 44.7 Å².